The number of aliphatic hydroxyl groups is 2. The Balaban J connectivity index is 0. The van der Waals surface area contributed by atoms with E-state index in [1.165, 1.54) is 0 Å². The third kappa shape index (κ3) is 26.0. The van der Waals surface area contributed by atoms with Crippen LogP contribution in [0.15, 0.2) is 0 Å². The van der Waals surface area contributed by atoms with Crippen molar-refractivity contribution in [3.8, 4) is 0 Å². The molecule has 0 rings (SSSR count). The second kappa shape index (κ2) is 18.2. The number of nitrogens with two attached hydrogens (primary N) is 1. The van der Waals surface area contributed by atoms with Gasteiger partial charge in [0.2, 0.25) is 0 Å². The Morgan fingerprint density at radius 3 is 1.33 bits per heavy atom. The molecule has 0 saturated carbocycles. The Kier molecular flexibility index (Phi) is 29.2. The van der Waals surface area contributed by atoms with Crippen molar-refractivity contribution in [1.29, 1.82) is 0 Å². The minimum atomic E-state index is -0.125. The van der Waals surface area contributed by atoms with Gasteiger partial charge < -0.3 is 10.2 Å². The van der Waals surface area contributed by atoms with E-state index in [4.69, 9.17) is 10.2 Å². The topological polar surface area (TPSA) is 66.5 Å². The molecule has 0 aliphatic heterocycles. The first-order valence-corrected chi connectivity index (χ1v) is 1.85. The van der Waals surface area contributed by atoms with Crippen molar-refractivity contribution in [2.24, 2.45) is 4.75 Å². The molecule has 0 spiro atoms. The van der Waals surface area contributed by atoms with Gasteiger partial charge in [-0.05, 0) is 0 Å². The molecule has 4 heteroatoms. The molecule has 0 aliphatic rings. The zero-order valence-electron chi connectivity index (χ0n) is 3.19. The first kappa shape index (κ1) is 9.64. The molecule has 44 valence electrons. The summed E-state index contributed by atoms with van der Waals surface area (Å²) in [6, 6.07) is 0. The Morgan fingerprint density at radius 2 is 1.33 bits per heavy atom. The molecule has 0 unspecified atom stereocenters. The predicted octanol–water partition coefficient (Wildman–Crippen LogP) is -1.62. The normalized spacial score (nSPS) is 6.17. The maximum atomic E-state index is 7.62. The van der Waals surface area contributed by atoms with Crippen LogP contribution in [0.25, 0.3) is 0 Å². The van der Waals surface area contributed by atoms with E-state index in [1.807, 2.05) is 0 Å². The van der Waals surface area contributed by atoms with Crippen molar-refractivity contribution in [2.45, 2.75) is 0 Å². The van der Waals surface area contributed by atoms with Gasteiger partial charge in [-0.25, -0.2) is 0 Å². The number of hydrogen-bond donors (Lipinski definition) is 3. The Morgan fingerprint density at radius 1 is 1.17 bits per heavy atom. The Labute approximate surface area is 45.2 Å². The van der Waals surface area contributed by atoms with Gasteiger partial charge in [-0.1, -0.05) is 0 Å². The van der Waals surface area contributed by atoms with Crippen LogP contribution in [0, 0.1) is 0 Å². The van der Waals surface area contributed by atoms with Crippen molar-refractivity contribution >= 4 is 0 Å². The third-order valence-electron chi connectivity index (χ3n) is 0.1000. The zero-order valence-corrected chi connectivity index (χ0v) is 4.13. The van der Waals surface area contributed by atoms with E-state index in [0.29, 0.717) is 0 Å². The summed E-state index contributed by atoms with van der Waals surface area (Å²) in [5.74, 6) is 0. The zero-order chi connectivity index (χ0) is 5.41. The van der Waals surface area contributed by atoms with Gasteiger partial charge in [-0.2, -0.15) is 0 Å². The molecule has 0 amide bonds. The number of hydrogen-bond acceptors (Lipinski definition) is 3. The quantitative estimate of drug-likeness (QED) is 0.385. The van der Waals surface area contributed by atoms with Crippen LogP contribution in [-0.4, -0.2) is 23.4 Å². The summed E-state index contributed by atoms with van der Waals surface area (Å²) >= 11 is 3.69. The van der Waals surface area contributed by atoms with E-state index < -0.39 is 0 Å². The van der Waals surface area contributed by atoms with Gasteiger partial charge in [0.25, 0.3) is 0 Å². The molecule has 0 aromatic heterocycles. The molecule has 6 heavy (non-hydrogen) atoms. The predicted molar refractivity (Wildman–Crippen MR) is 18.4 cm³/mol. The summed E-state index contributed by atoms with van der Waals surface area (Å²) in [7, 11) is 0. The molecule has 0 radical (unpaired) electrons. The minimum absolute atomic E-state index is 0.125. The van der Waals surface area contributed by atoms with Crippen LogP contribution in [-0.2, 0) is 16.2 Å². The van der Waals surface area contributed by atoms with Gasteiger partial charge >= 0.3 is 21.0 Å². The van der Waals surface area contributed by atoms with Crippen LogP contribution in [0.1, 0.15) is 0 Å². The Hall–Kier alpha value is 0.399. The molecule has 4 N–H and O–H groups in total. The molecular weight excluding hydrogens is 134 g/mol. The summed E-state index contributed by atoms with van der Waals surface area (Å²) in [6.07, 6.45) is 0. The molecule has 0 atom stereocenters. The van der Waals surface area contributed by atoms with Gasteiger partial charge in [0.15, 0.2) is 0 Å². The third-order valence-corrected chi connectivity index (χ3v) is 0.1000. The molecule has 0 bridgehead atoms. The maximum absolute atomic E-state index is 7.62. The fourth-order valence-electron chi connectivity index (χ4n) is 0. The van der Waals surface area contributed by atoms with E-state index in [1.54, 1.807) is 0 Å². The van der Waals surface area contributed by atoms with Gasteiger partial charge in [0.1, 0.15) is 0 Å². The second-order valence-corrected chi connectivity index (χ2v) is 0.447. The van der Waals surface area contributed by atoms with Crippen molar-refractivity contribution in [2.75, 3.05) is 13.2 Å². The summed E-state index contributed by atoms with van der Waals surface area (Å²) in [5.41, 5.74) is 0. The molecule has 0 fully saturated rings. The van der Waals surface area contributed by atoms with Crippen LogP contribution < -0.4 is 4.75 Å². The van der Waals surface area contributed by atoms with Crippen LogP contribution in [0.4, 0.5) is 0 Å². The first-order chi connectivity index (χ1) is 2.91. The molecule has 0 saturated heterocycles. The Bertz CT molecular complexity index is 13.5. The summed E-state index contributed by atoms with van der Waals surface area (Å²) in [4.78, 5) is 0. The van der Waals surface area contributed by atoms with E-state index in [0.717, 1.165) is 0 Å². The van der Waals surface area contributed by atoms with E-state index in [-0.39, 0.29) is 13.2 Å². The van der Waals surface area contributed by atoms with Crippen LogP contribution in [0.2, 0.25) is 0 Å². The summed E-state index contributed by atoms with van der Waals surface area (Å²) in [5, 5.41) is 15.2. The van der Waals surface area contributed by atoms with Crippen molar-refractivity contribution in [3.63, 3.8) is 0 Å². The van der Waals surface area contributed by atoms with Crippen molar-refractivity contribution in [1.82, 2.24) is 0 Å². The van der Waals surface area contributed by atoms with Crippen LogP contribution in [0.5, 0.6) is 0 Å². The monoisotopic (exact) mass is 141 g/mol. The van der Waals surface area contributed by atoms with Gasteiger partial charge in [-0.3, -0.25) is 0 Å². The SMILES string of the molecule is OCCO.[NH2][Cu]. The van der Waals surface area contributed by atoms with Crippen LogP contribution in [0.3, 0.4) is 0 Å². The number of aliphatic hydroxyl groups excluding tert-OH is 2. The van der Waals surface area contributed by atoms with E-state index in [2.05, 4.69) is 21.0 Å². The number of rotatable bonds is 1. The standard InChI is InChI=1S/C2H6O2.Cu.H2N/c3-1-2-4;;/h3-4H,1-2H2;;1H2/q;+1;-1. The van der Waals surface area contributed by atoms with Gasteiger partial charge in [0, 0.05) is 0 Å². The first-order valence-electron chi connectivity index (χ1n) is 1.31. The molecule has 0 aliphatic carbocycles. The van der Waals surface area contributed by atoms with Crippen molar-refractivity contribution in [3.05, 3.63) is 0 Å². The van der Waals surface area contributed by atoms with E-state index >= 15 is 0 Å². The fourth-order valence-corrected chi connectivity index (χ4v) is 0. The average Bonchev–Trinajstić information content (AvgIpc) is 1.72. The van der Waals surface area contributed by atoms with Crippen LogP contribution >= 0.6 is 0 Å². The summed E-state index contributed by atoms with van der Waals surface area (Å²) < 4.78 is 4.06. The molecule has 3 nitrogen and oxygen atoms in total. The molecule has 0 heterocycles. The molecular formula is C2H8CuNO2. The second-order valence-electron chi connectivity index (χ2n) is 0.447. The van der Waals surface area contributed by atoms with Gasteiger partial charge in [-0.15, -0.1) is 0 Å². The fraction of sp³-hybridized carbons (Fsp3) is 1.00. The molecule has 0 aromatic carbocycles. The van der Waals surface area contributed by atoms with E-state index in [9.17, 15) is 0 Å². The molecule has 0 aromatic rings. The summed E-state index contributed by atoms with van der Waals surface area (Å²) in [6.45, 7) is -0.250. The van der Waals surface area contributed by atoms with Gasteiger partial charge in [0.05, 0.1) is 13.2 Å². The average molecular weight is 142 g/mol. The van der Waals surface area contributed by atoms with Crippen molar-refractivity contribution < 1.29 is 26.4 Å².